The predicted molar refractivity (Wildman–Crippen MR) is 97.9 cm³/mol. The fourth-order valence-electron chi connectivity index (χ4n) is 2.86. The van der Waals surface area contributed by atoms with Gasteiger partial charge in [-0.15, -0.1) is 0 Å². The van der Waals surface area contributed by atoms with Crippen molar-refractivity contribution < 1.29 is 0 Å². The van der Waals surface area contributed by atoms with Crippen molar-refractivity contribution in [2.45, 2.75) is 105 Å². The van der Waals surface area contributed by atoms with E-state index in [1.165, 1.54) is 90.1 Å². The Morgan fingerprint density at radius 1 is 0.667 bits per heavy atom. The Kier molecular flexibility index (Phi) is 16.3. The maximum Gasteiger partial charge on any atom is -0.00258 e. The SMILES string of the molecule is CCCCCCCCCCCCC(C)CCNCC(C)C. The number of unbranched alkanes of at least 4 members (excludes halogenated alkanes) is 9. The highest BCUT2D eigenvalue weighted by atomic mass is 14.8. The zero-order valence-electron chi connectivity index (χ0n) is 15.6. The van der Waals surface area contributed by atoms with E-state index in [1.807, 2.05) is 0 Å². The van der Waals surface area contributed by atoms with Gasteiger partial charge in [-0.1, -0.05) is 98.3 Å². The van der Waals surface area contributed by atoms with Crippen LogP contribution in [-0.2, 0) is 0 Å². The van der Waals surface area contributed by atoms with E-state index in [0.717, 1.165) is 11.8 Å². The van der Waals surface area contributed by atoms with Crippen LogP contribution in [0, 0.1) is 11.8 Å². The van der Waals surface area contributed by atoms with E-state index < -0.39 is 0 Å². The van der Waals surface area contributed by atoms with Crippen LogP contribution < -0.4 is 5.32 Å². The van der Waals surface area contributed by atoms with E-state index in [2.05, 4.69) is 33.0 Å². The minimum atomic E-state index is 0.780. The summed E-state index contributed by atoms with van der Waals surface area (Å²) in [5.41, 5.74) is 0. The van der Waals surface area contributed by atoms with Crippen molar-refractivity contribution in [2.24, 2.45) is 11.8 Å². The van der Waals surface area contributed by atoms with Crippen molar-refractivity contribution in [3.8, 4) is 0 Å². The lowest BCUT2D eigenvalue weighted by Gasteiger charge is -2.13. The molecule has 0 aromatic rings. The molecule has 0 amide bonds. The Morgan fingerprint density at radius 2 is 1.19 bits per heavy atom. The third kappa shape index (κ3) is 17.9. The van der Waals surface area contributed by atoms with Gasteiger partial charge >= 0.3 is 0 Å². The molecule has 0 rings (SSSR count). The van der Waals surface area contributed by atoms with Crippen LogP contribution in [0.1, 0.15) is 105 Å². The summed E-state index contributed by atoms with van der Waals surface area (Å²) in [4.78, 5) is 0. The standard InChI is InChI=1S/C20H43N/c1-5-6-7-8-9-10-11-12-13-14-15-20(4)16-17-21-18-19(2)3/h19-21H,5-18H2,1-4H3. The molecule has 1 atom stereocenters. The summed E-state index contributed by atoms with van der Waals surface area (Å²) >= 11 is 0. The molecule has 0 aliphatic rings. The van der Waals surface area contributed by atoms with E-state index in [-0.39, 0.29) is 0 Å². The van der Waals surface area contributed by atoms with Gasteiger partial charge in [0.1, 0.15) is 0 Å². The van der Waals surface area contributed by atoms with Crippen LogP contribution in [-0.4, -0.2) is 13.1 Å². The molecule has 0 radical (unpaired) electrons. The highest BCUT2D eigenvalue weighted by Gasteiger charge is 2.02. The summed E-state index contributed by atoms with van der Waals surface area (Å²) in [6, 6.07) is 0. The first kappa shape index (κ1) is 21.0. The van der Waals surface area contributed by atoms with E-state index in [1.54, 1.807) is 0 Å². The zero-order valence-corrected chi connectivity index (χ0v) is 15.6. The molecule has 0 spiro atoms. The third-order valence-electron chi connectivity index (χ3n) is 4.42. The van der Waals surface area contributed by atoms with Crippen LogP contribution in [0.5, 0.6) is 0 Å². The summed E-state index contributed by atoms with van der Waals surface area (Å²) < 4.78 is 0. The van der Waals surface area contributed by atoms with Gasteiger partial charge in [0.25, 0.3) is 0 Å². The Bertz CT molecular complexity index is 188. The zero-order chi connectivity index (χ0) is 15.8. The second kappa shape index (κ2) is 16.3. The topological polar surface area (TPSA) is 12.0 Å². The van der Waals surface area contributed by atoms with Crippen LogP contribution in [0.2, 0.25) is 0 Å². The van der Waals surface area contributed by atoms with Gasteiger partial charge in [0.05, 0.1) is 0 Å². The maximum atomic E-state index is 3.55. The number of hydrogen-bond acceptors (Lipinski definition) is 1. The van der Waals surface area contributed by atoms with Crippen LogP contribution in [0.25, 0.3) is 0 Å². The summed E-state index contributed by atoms with van der Waals surface area (Å²) in [6.07, 6.45) is 17.3. The van der Waals surface area contributed by atoms with Crippen molar-refractivity contribution in [3.63, 3.8) is 0 Å². The van der Waals surface area contributed by atoms with E-state index in [0.29, 0.717) is 0 Å². The third-order valence-corrected chi connectivity index (χ3v) is 4.42. The highest BCUT2D eigenvalue weighted by Crippen LogP contribution is 2.15. The molecule has 21 heavy (non-hydrogen) atoms. The quantitative estimate of drug-likeness (QED) is 0.318. The first-order valence-corrected chi connectivity index (χ1v) is 9.87. The van der Waals surface area contributed by atoms with Gasteiger partial charge < -0.3 is 5.32 Å². The molecule has 1 unspecified atom stereocenters. The van der Waals surface area contributed by atoms with E-state index >= 15 is 0 Å². The van der Waals surface area contributed by atoms with Crippen LogP contribution >= 0.6 is 0 Å². The number of hydrogen-bond donors (Lipinski definition) is 1. The van der Waals surface area contributed by atoms with Crippen molar-refractivity contribution >= 4 is 0 Å². The first-order valence-electron chi connectivity index (χ1n) is 9.87. The van der Waals surface area contributed by atoms with E-state index in [9.17, 15) is 0 Å². The number of nitrogens with one attached hydrogen (secondary N) is 1. The van der Waals surface area contributed by atoms with Gasteiger partial charge in [0.15, 0.2) is 0 Å². The second-order valence-electron chi connectivity index (χ2n) is 7.46. The monoisotopic (exact) mass is 297 g/mol. The van der Waals surface area contributed by atoms with Crippen LogP contribution in [0.4, 0.5) is 0 Å². The fraction of sp³-hybridized carbons (Fsp3) is 1.00. The summed E-state index contributed by atoms with van der Waals surface area (Å²) in [7, 11) is 0. The molecule has 0 aliphatic heterocycles. The molecule has 0 aromatic carbocycles. The van der Waals surface area contributed by atoms with Gasteiger partial charge in [-0.05, 0) is 31.3 Å². The van der Waals surface area contributed by atoms with Gasteiger partial charge in [-0.25, -0.2) is 0 Å². The minimum Gasteiger partial charge on any atom is -0.316 e. The Hall–Kier alpha value is -0.0400. The average molecular weight is 298 g/mol. The molecule has 1 nitrogen and oxygen atoms in total. The molecule has 0 aliphatic carbocycles. The summed E-state index contributed by atoms with van der Waals surface area (Å²) in [5, 5.41) is 3.55. The van der Waals surface area contributed by atoms with Crippen molar-refractivity contribution in [2.75, 3.05) is 13.1 Å². The molecule has 0 saturated heterocycles. The van der Waals surface area contributed by atoms with Gasteiger partial charge in [0.2, 0.25) is 0 Å². The molecule has 1 N–H and O–H groups in total. The molecular formula is C20H43N. The highest BCUT2D eigenvalue weighted by molar-refractivity contribution is 4.58. The van der Waals surface area contributed by atoms with Gasteiger partial charge in [-0.3, -0.25) is 0 Å². The normalized spacial score (nSPS) is 13.0. The number of rotatable bonds is 16. The molecule has 0 bridgehead atoms. The Balaban J connectivity index is 3.12. The molecule has 0 saturated carbocycles. The molecule has 0 heterocycles. The molecular weight excluding hydrogens is 254 g/mol. The van der Waals surface area contributed by atoms with E-state index in [4.69, 9.17) is 0 Å². The summed E-state index contributed by atoms with van der Waals surface area (Å²) in [5.74, 6) is 1.68. The smallest absolute Gasteiger partial charge is 0.00258 e. The average Bonchev–Trinajstić information content (AvgIpc) is 2.45. The molecule has 1 heteroatoms. The first-order chi connectivity index (χ1) is 10.2. The van der Waals surface area contributed by atoms with Gasteiger partial charge in [-0.2, -0.15) is 0 Å². The molecule has 128 valence electrons. The second-order valence-corrected chi connectivity index (χ2v) is 7.46. The van der Waals surface area contributed by atoms with Crippen LogP contribution in [0.15, 0.2) is 0 Å². The molecule has 0 fully saturated rings. The largest absolute Gasteiger partial charge is 0.316 e. The predicted octanol–water partition coefficient (Wildman–Crippen LogP) is 6.57. The van der Waals surface area contributed by atoms with Crippen molar-refractivity contribution in [3.05, 3.63) is 0 Å². The lowest BCUT2D eigenvalue weighted by molar-refractivity contribution is 0.431. The lowest BCUT2D eigenvalue weighted by atomic mass is 9.98. The van der Waals surface area contributed by atoms with Crippen molar-refractivity contribution in [1.29, 1.82) is 0 Å². The summed E-state index contributed by atoms with van der Waals surface area (Å²) in [6.45, 7) is 11.6. The Labute approximate surface area is 135 Å². The molecule has 0 aromatic heterocycles. The lowest BCUT2D eigenvalue weighted by Crippen LogP contribution is -2.22. The fourth-order valence-corrected chi connectivity index (χ4v) is 2.86. The van der Waals surface area contributed by atoms with Crippen LogP contribution in [0.3, 0.4) is 0 Å². The minimum absolute atomic E-state index is 0.780. The maximum absolute atomic E-state index is 3.55. The van der Waals surface area contributed by atoms with Gasteiger partial charge in [0, 0.05) is 0 Å². The Morgan fingerprint density at radius 3 is 1.71 bits per heavy atom. The van der Waals surface area contributed by atoms with Crippen molar-refractivity contribution in [1.82, 2.24) is 5.32 Å².